The van der Waals surface area contributed by atoms with Gasteiger partial charge in [0.1, 0.15) is 11.5 Å². The van der Waals surface area contributed by atoms with Gasteiger partial charge in [0, 0.05) is 22.5 Å². The number of hydrogen-bond donors (Lipinski definition) is 3. The number of benzene rings is 1. The average Bonchev–Trinajstić information content (AvgIpc) is 3.23. The standard InChI is InChI=1S/C21H25ClN4O2S/c1-21(8-9-21)12-26(2)10-7-15-16(11-26)29-19(17(15)18(23)27)25-20(28)24-14-5-3-13(22)4-6-14/h3-6H,7-12H2,1-2H3,(H3-,23,24,25,27,28)/p+1. The maximum absolute atomic E-state index is 12.5. The van der Waals surface area contributed by atoms with Gasteiger partial charge in [-0.05, 0) is 42.7 Å². The molecule has 1 aromatic carbocycles. The van der Waals surface area contributed by atoms with Gasteiger partial charge in [-0.15, -0.1) is 11.3 Å². The van der Waals surface area contributed by atoms with Gasteiger partial charge in [-0.25, -0.2) is 4.79 Å². The predicted octanol–water partition coefficient (Wildman–Crippen LogP) is 4.45. The minimum Gasteiger partial charge on any atom is -0.365 e. The van der Waals surface area contributed by atoms with Crippen molar-refractivity contribution >= 4 is 45.6 Å². The SMILES string of the molecule is CC1(C[N+]2(C)CCc3c(sc(NC(=O)Nc4ccc(Cl)cc4)c3C(N)=O)C2)CC1. The number of primary amides is 1. The van der Waals surface area contributed by atoms with Gasteiger partial charge in [-0.2, -0.15) is 0 Å². The molecule has 1 aromatic heterocycles. The Morgan fingerprint density at radius 2 is 1.93 bits per heavy atom. The van der Waals surface area contributed by atoms with Crippen LogP contribution in [0.2, 0.25) is 5.02 Å². The highest BCUT2D eigenvalue weighted by molar-refractivity contribution is 7.17. The van der Waals surface area contributed by atoms with Gasteiger partial charge in [0.05, 0.1) is 30.6 Å². The van der Waals surface area contributed by atoms with E-state index >= 15 is 0 Å². The molecule has 2 aromatic rings. The third-order valence-electron chi connectivity index (χ3n) is 5.96. The molecule has 1 unspecified atom stereocenters. The first-order chi connectivity index (χ1) is 13.7. The monoisotopic (exact) mass is 433 g/mol. The fourth-order valence-electron chi connectivity index (χ4n) is 4.29. The van der Waals surface area contributed by atoms with Crippen LogP contribution in [0.15, 0.2) is 24.3 Å². The molecule has 6 nitrogen and oxygen atoms in total. The number of quaternary nitrogens is 1. The van der Waals surface area contributed by atoms with Crippen LogP contribution < -0.4 is 16.4 Å². The second kappa shape index (κ2) is 7.31. The lowest BCUT2D eigenvalue weighted by molar-refractivity contribution is -0.928. The number of nitrogens with zero attached hydrogens (tertiary/aromatic N) is 1. The Morgan fingerprint density at radius 1 is 1.24 bits per heavy atom. The number of anilines is 2. The van der Waals surface area contributed by atoms with E-state index in [1.807, 2.05) is 0 Å². The summed E-state index contributed by atoms with van der Waals surface area (Å²) in [4.78, 5) is 25.8. The molecule has 3 amide bonds. The number of fused-ring (bicyclic) bond motifs is 1. The molecule has 8 heteroatoms. The largest absolute Gasteiger partial charge is 0.365 e. The molecule has 1 aliphatic carbocycles. The van der Waals surface area contributed by atoms with Gasteiger partial charge in [-0.1, -0.05) is 18.5 Å². The Balaban J connectivity index is 1.53. The molecule has 4 N–H and O–H groups in total. The Hall–Kier alpha value is -2.09. The molecule has 0 spiro atoms. The minimum atomic E-state index is -0.491. The fourth-order valence-corrected chi connectivity index (χ4v) is 5.83. The molecule has 2 aliphatic rings. The Morgan fingerprint density at radius 3 is 2.55 bits per heavy atom. The van der Waals surface area contributed by atoms with Crippen LogP contribution in [0.4, 0.5) is 15.5 Å². The summed E-state index contributed by atoms with van der Waals surface area (Å²) < 4.78 is 0.971. The van der Waals surface area contributed by atoms with E-state index in [0.717, 1.165) is 41.0 Å². The van der Waals surface area contributed by atoms with Crippen molar-refractivity contribution in [2.24, 2.45) is 11.1 Å². The molecular formula is C21H26ClN4O2S+. The summed E-state index contributed by atoms with van der Waals surface area (Å²) in [5.41, 5.74) is 8.22. The molecule has 0 saturated heterocycles. The number of amides is 3. The Bertz CT molecular complexity index is 968. The van der Waals surface area contributed by atoms with Crippen LogP contribution in [-0.2, 0) is 13.0 Å². The minimum absolute atomic E-state index is 0.406. The van der Waals surface area contributed by atoms with Crippen LogP contribution >= 0.6 is 22.9 Å². The molecule has 29 heavy (non-hydrogen) atoms. The van der Waals surface area contributed by atoms with Crippen molar-refractivity contribution in [3.63, 3.8) is 0 Å². The normalized spacial score (nSPS) is 21.9. The smallest absolute Gasteiger partial charge is 0.324 e. The van der Waals surface area contributed by atoms with Crippen LogP contribution in [0.3, 0.4) is 0 Å². The molecular weight excluding hydrogens is 408 g/mol. The van der Waals surface area contributed by atoms with E-state index in [2.05, 4.69) is 24.6 Å². The average molecular weight is 434 g/mol. The van der Waals surface area contributed by atoms with Crippen molar-refractivity contribution < 1.29 is 14.1 Å². The van der Waals surface area contributed by atoms with E-state index in [4.69, 9.17) is 17.3 Å². The molecule has 1 atom stereocenters. The number of hydrogen-bond acceptors (Lipinski definition) is 3. The Kier molecular flexibility index (Phi) is 5.09. The highest BCUT2D eigenvalue weighted by atomic mass is 35.5. The molecule has 154 valence electrons. The van der Waals surface area contributed by atoms with Gasteiger partial charge in [0.25, 0.3) is 5.91 Å². The number of nitrogens with one attached hydrogen (secondary N) is 2. The molecule has 1 saturated carbocycles. The maximum Gasteiger partial charge on any atom is 0.324 e. The number of nitrogens with two attached hydrogens (primary N) is 1. The van der Waals surface area contributed by atoms with Gasteiger partial charge in [0.15, 0.2) is 0 Å². The summed E-state index contributed by atoms with van der Waals surface area (Å²) in [6.07, 6.45) is 3.39. The predicted molar refractivity (Wildman–Crippen MR) is 118 cm³/mol. The number of rotatable bonds is 5. The quantitative estimate of drug-likeness (QED) is 0.608. The van der Waals surface area contributed by atoms with Gasteiger partial charge in [-0.3, -0.25) is 10.1 Å². The van der Waals surface area contributed by atoms with Crippen molar-refractivity contribution in [1.82, 2.24) is 0 Å². The highest BCUT2D eigenvalue weighted by Gasteiger charge is 2.46. The number of likely N-dealkylation sites (N-methyl/N-ethyl adjacent to an activating group) is 1. The van der Waals surface area contributed by atoms with E-state index < -0.39 is 11.9 Å². The topological polar surface area (TPSA) is 84.2 Å². The number of thiophene rings is 1. The fraction of sp³-hybridized carbons (Fsp3) is 0.429. The first kappa shape index (κ1) is 20.2. The van der Waals surface area contributed by atoms with Gasteiger partial charge in [0.2, 0.25) is 0 Å². The molecule has 0 bridgehead atoms. The molecule has 2 heterocycles. The van der Waals surface area contributed by atoms with Crippen molar-refractivity contribution in [2.45, 2.75) is 32.7 Å². The lowest BCUT2D eigenvalue weighted by atomic mass is 9.98. The molecule has 1 aliphatic heterocycles. The van der Waals surface area contributed by atoms with Crippen LogP contribution in [0, 0.1) is 5.41 Å². The van der Waals surface area contributed by atoms with Crippen molar-refractivity contribution in [3.05, 3.63) is 45.3 Å². The lowest BCUT2D eigenvalue weighted by Crippen LogP contribution is -2.50. The number of halogens is 1. The van der Waals surface area contributed by atoms with E-state index in [1.165, 1.54) is 24.2 Å². The van der Waals surface area contributed by atoms with Crippen molar-refractivity contribution in [2.75, 3.05) is 30.8 Å². The first-order valence-corrected chi connectivity index (χ1v) is 11.0. The van der Waals surface area contributed by atoms with Crippen LogP contribution in [-0.4, -0.2) is 36.6 Å². The van der Waals surface area contributed by atoms with Crippen molar-refractivity contribution in [1.29, 1.82) is 0 Å². The zero-order valence-electron chi connectivity index (χ0n) is 16.7. The molecule has 1 fully saturated rings. The van der Waals surface area contributed by atoms with Gasteiger partial charge < -0.3 is 15.5 Å². The first-order valence-electron chi connectivity index (χ1n) is 9.78. The Labute approximate surface area is 179 Å². The summed E-state index contributed by atoms with van der Waals surface area (Å²) in [5, 5.41) is 6.71. The number of carbonyl (C=O) groups excluding carboxylic acids is 2. The van der Waals surface area contributed by atoms with E-state index in [1.54, 1.807) is 24.3 Å². The number of carbonyl (C=O) groups is 2. The van der Waals surface area contributed by atoms with E-state index in [9.17, 15) is 9.59 Å². The van der Waals surface area contributed by atoms with Gasteiger partial charge >= 0.3 is 6.03 Å². The molecule has 4 rings (SSSR count). The third kappa shape index (κ3) is 4.42. The summed E-state index contributed by atoms with van der Waals surface area (Å²) in [5.74, 6) is -0.491. The lowest BCUT2D eigenvalue weighted by Gasteiger charge is -2.39. The third-order valence-corrected chi connectivity index (χ3v) is 7.34. The number of urea groups is 1. The highest BCUT2D eigenvalue weighted by Crippen LogP contribution is 2.48. The van der Waals surface area contributed by atoms with E-state index in [-0.39, 0.29) is 0 Å². The summed E-state index contributed by atoms with van der Waals surface area (Å²) >= 11 is 7.35. The summed E-state index contributed by atoms with van der Waals surface area (Å²) in [6.45, 7) is 5.35. The zero-order chi connectivity index (χ0) is 20.8. The van der Waals surface area contributed by atoms with Crippen molar-refractivity contribution in [3.8, 4) is 0 Å². The molecule has 0 radical (unpaired) electrons. The summed E-state index contributed by atoms with van der Waals surface area (Å²) in [7, 11) is 2.29. The second-order valence-corrected chi connectivity index (χ2v) is 10.4. The van der Waals surface area contributed by atoms with Crippen LogP contribution in [0.25, 0.3) is 0 Å². The van der Waals surface area contributed by atoms with E-state index in [0.29, 0.717) is 26.7 Å². The van der Waals surface area contributed by atoms with Crippen LogP contribution in [0.1, 0.15) is 40.6 Å². The maximum atomic E-state index is 12.5. The summed E-state index contributed by atoms with van der Waals surface area (Å²) in [6, 6.07) is 6.44. The van der Waals surface area contributed by atoms with Crippen LogP contribution in [0.5, 0.6) is 0 Å². The second-order valence-electron chi connectivity index (χ2n) is 8.88. The zero-order valence-corrected chi connectivity index (χ0v) is 18.3.